The highest BCUT2D eigenvalue weighted by Crippen LogP contribution is 2.37. The second kappa shape index (κ2) is 8.35. The van der Waals surface area contributed by atoms with Gasteiger partial charge in [0.1, 0.15) is 0 Å². The molecule has 2 aromatic rings. The maximum Gasteiger partial charge on any atom is 0.416 e. The minimum absolute atomic E-state index is 0.0183. The molecule has 30 heavy (non-hydrogen) atoms. The van der Waals surface area contributed by atoms with E-state index in [0.29, 0.717) is 61.2 Å². The first-order valence-corrected chi connectivity index (χ1v) is 9.92. The van der Waals surface area contributed by atoms with E-state index in [1.807, 2.05) is 4.90 Å². The number of nitrogens with zero attached hydrogens (tertiary/aromatic N) is 2. The highest BCUT2D eigenvalue weighted by atomic mass is 35.5. The first-order valence-electron chi connectivity index (χ1n) is 9.54. The predicted octanol–water partition coefficient (Wildman–Crippen LogP) is 4.32. The molecule has 0 N–H and O–H groups in total. The second-order valence-corrected chi connectivity index (χ2v) is 7.74. The molecule has 0 radical (unpaired) electrons. The van der Waals surface area contributed by atoms with E-state index >= 15 is 0 Å². The van der Waals surface area contributed by atoms with Gasteiger partial charge in [-0.2, -0.15) is 13.2 Å². The summed E-state index contributed by atoms with van der Waals surface area (Å²) in [4.78, 5) is 16.3. The number of hydrogen-bond acceptors (Lipinski definition) is 4. The zero-order valence-electron chi connectivity index (χ0n) is 16.0. The van der Waals surface area contributed by atoms with Crippen molar-refractivity contribution >= 4 is 17.5 Å². The molecule has 0 spiro atoms. The minimum Gasteiger partial charge on any atom is -0.454 e. The van der Waals surface area contributed by atoms with Gasteiger partial charge in [0.2, 0.25) is 12.7 Å². The van der Waals surface area contributed by atoms with Gasteiger partial charge in [0.25, 0.3) is 0 Å². The molecule has 0 aliphatic carbocycles. The van der Waals surface area contributed by atoms with Crippen LogP contribution in [0.4, 0.5) is 13.2 Å². The van der Waals surface area contributed by atoms with Crippen molar-refractivity contribution in [2.75, 3.05) is 26.4 Å². The van der Waals surface area contributed by atoms with E-state index < -0.39 is 11.7 Å². The zero-order valence-corrected chi connectivity index (χ0v) is 16.8. The third kappa shape index (κ3) is 4.65. The zero-order chi connectivity index (χ0) is 21.3. The van der Waals surface area contributed by atoms with E-state index in [2.05, 4.69) is 0 Å². The van der Waals surface area contributed by atoms with E-state index in [1.54, 1.807) is 23.1 Å². The van der Waals surface area contributed by atoms with Gasteiger partial charge in [-0.3, -0.25) is 9.69 Å². The van der Waals surface area contributed by atoms with Crippen LogP contribution in [0, 0.1) is 0 Å². The molecule has 0 aromatic heterocycles. The van der Waals surface area contributed by atoms with Gasteiger partial charge in [0.05, 0.1) is 5.56 Å². The van der Waals surface area contributed by atoms with Gasteiger partial charge in [0, 0.05) is 50.2 Å². The van der Waals surface area contributed by atoms with Crippen molar-refractivity contribution in [3.05, 3.63) is 58.1 Å². The van der Waals surface area contributed by atoms with Crippen molar-refractivity contribution in [2.45, 2.75) is 25.7 Å². The van der Waals surface area contributed by atoms with Crippen molar-refractivity contribution in [3.63, 3.8) is 0 Å². The summed E-state index contributed by atoms with van der Waals surface area (Å²) in [6, 6.07) is 8.77. The molecule has 4 rings (SSSR count). The smallest absolute Gasteiger partial charge is 0.416 e. The van der Waals surface area contributed by atoms with E-state index in [9.17, 15) is 18.0 Å². The van der Waals surface area contributed by atoms with Gasteiger partial charge < -0.3 is 14.4 Å². The molecule has 0 saturated carbocycles. The van der Waals surface area contributed by atoms with Crippen LogP contribution >= 0.6 is 11.6 Å². The molecule has 1 fully saturated rings. The van der Waals surface area contributed by atoms with E-state index in [4.69, 9.17) is 21.1 Å². The number of halogens is 4. The maximum atomic E-state index is 12.9. The summed E-state index contributed by atoms with van der Waals surface area (Å²) in [6.45, 7) is 2.34. The van der Waals surface area contributed by atoms with Crippen LogP contribution in [0.3, 0.4) is 0 Å². The molecule has 1 saturated heterocycles. The fourth-order valence-electron chi connectivity index (χ4n) is 3.63. The topological polar surface area (TPSA) is 42.0 Å². The monoisotopic (exact) mass is 440 g/mol. The predicted molar refractivity (Wildman–Crippen MR) is 104 cm³/mol. The number of hydrogen-bond donors (Lipinski definition) is 0. The summed E-state index contributed by atoms with van der Waals surface area (Å²) in [6.07, 6.45) is -4.08. The van der Waals surface area contributed by atoms with Crippen LogP contribution in [0.5, 0.6) is 11.5 Å². The first-order chi connectivity index (χ1) is 14.3. The summed E-state index contributed by atoms with van der Waals surface area (Å²) in [7, 11) is 0. The number of carbonyl (C=O) groups is 1. The number of amides is 1. The Hall–Kier alpha value is -2.45. The van der Waals surface area contributed by atoms with Crippen molar-refractivity contribution in [1.29, 1.82) is 0 Å². The van der Waals surface area contributed by atoms with Crippen LogP contribution in [0.2, 0.25) is 5.02 Å². The van der Waals surface area contributed by atoms with Crippen LogP contribution in [0.1, 0.15) is 23.1 Å². The quantitative estimate of drug-likeness (QED) is 0.710. The Labute approximate surface area is 176 Å². The number of benzene rings is 2. The summed E-state index contributed by atoms with van der Waals surface area (Å²) in [5.74, 6) is 1.16. The molecule has 0 bridgehead atoms. The molecule has 2 heterocycles. The molecule has 2 aliphatic heterocycles. The Balaban J connectivity index is 1.41. The Morgan fingerprint density at radius 3 is 2.53 bits per heavy atom. The lowest BCUT2D eigenvalue weighted by atomic mass is 10.1. The number of alkyl halides is 3. The SMILES string of the molecule is O=C1CCN(Cc2cccc(C(F)(F)F)c2)CCN1Cc1cc2c(cc1Cl)OCO2. The largest absolute Gasteiger partial charge is 0.454 e. The van der Waals surface area contributed by atoms with Gasteiger partial charge in [-0.15, -0.1) is 0 Å². The summed E-state index contributed by atoms with van der Waals surface area (Å²) in [5, 5.41) is 0.497. The highest BCUT2D eigenvalue weighted by Gasteiger charge is 2.30. The Morgan fingerprint density at radius 2 is 1.77 bits per heavy atom. The normalized spacial score (nSPS) is 17.3. The number of ether oxygens (including phenoxy) is 2. The highest BCUT2D eigenvalue weighted by molar-refractivity contribution is 6.31. The van der Waals surface area contributed by atoms with Crippen LogP contribution < -0.4 is 9.47 Å². The number of carbonyl (C=O) groups excluding carboxylic acids is 1. The van der Waals surface area contributed by atoms with Gasteiger partial charge in [-0.25, -0.2) is 0 Å². The standard InChI is InChI=1S/C21H20ClF3N2O3/c22-17-10-19-18(29-13-30-19)9-15(17)12-27-7-6-26(5-4-20(27)28)11-14-2-1-3-16(8-14)21(23,24)25/h1-3,8-10H,4-7,11-13H2. The van der Waals surface area contributed by atoms with Gasteiger partial charge in [0.15, 0.2) is 11.5 Å². The average molecular weight is 441 g/mol. The lowest BCUT2D eigenvalue weighted by Gasteiger charge is -2.23. The Morgan fingerprint density at radius 1 is 1.00 bits per heavy atom. The van der Waals surface area contributed by atoms with Gasteiger partial charge >= 0.3 is 6.18 Å². The second-order valence-electron chi connectivity index (χ2n) is 7.34. The molecular weight excluding hydrogens is 421 g/mol. The Kier molecular flexibility index (Phi) is 5.79. The number of fused-ring (bicyclic) bond motifs is 1. The third-order valence-corrected chi connectivity index (χ3v) is 5.60. The average Bonchev–Trinajstić information content (AvgIpc) is 3.07. The van der Waals surface area contributed by atoms with Crippen LogP contribution in [0.25, 0.3) is 0 Å². The van der Waals surface area contributed by atoms with Crippen LogP contribution in [0.15, 0.2) is 36.4 Å². The maximum absolute atomic E-state index is 12.9. The summed E-state index contributed by atoms with van der Waals surface area (Å²) >= 11 is 6.33. The van der Waals surface area contributed by atoms with E-state index in [-0.39, 0.29) is 12.7 Å². The molecule has 0 atom stereocenters. The van der Waals surface area contributed by atoms with Crippen molar-refractivity contribution in [1.82, 2.24) is 9.80 Å². The van der Waals surface area contributed by atoms with E-state index in [0.717, 1.165) is 17.7 Å². The molecule has 0 unspecified atom stereocenters. The lowest BCUT2D eigenvalue weighted by Crippen LogP contribution is -2.32. The van der Waals surface area contributed by atoms with Crippen molar-refractivity contribution < 1.29 is 27.4 Å². The van der Waals surface area contributed by atoms with Crippen LogP contribution in [-0.2, 0) is 24.1 Å². The van der Waals surface area contributed by atoms with Crippen LogP contribution in [-0.4, -0.2) is 42.1 Å². The molecule has 2 aromatic carbocycles. The summed E-state index contributed by atoms with van der Waals surface area (Å²) < 4.78 is 49.5. The molecule has 9 heteroatoms. The summed E-state index contributed by atoms with van der Waals surface area (Å²) in [5.41, 5.74) is 0.676. The van der Waals surface area contributed by atoms with E-state index in [1.165, 1.54) is 6.07 Å². The lowest BCUT2D eigenvalue weighted by molar-refractivity contribution is -0.137. The fraction of sp³-hybridized carbons (Fsp3) is 0.381. The molecule has 160 valence electrons. The first kappa shape index (κ1) is 20.8. The number of rotatable bonds is 4. The fourth-order valence-corrected chi connectivity index (χ4v) is 3.84. The molecule has 2 aliphatic rings. The molecule has 5 nitrogen and oxygen atoms in total. The van der Waals surface area contributed by atoms with Gasteiger partial charge in [-0.05, 0) is 23.3 Å². The van der Waals surface area contributed by atoms with Crippen molar-refractivity contribution in [3.8, 4) is 11.5 Å². The molecular formula is C21H20ClF3N2O3. The van der Waals surface area contributed by atoms with Gasteiger partial charge in [-0.1, -0.05) is 29.8 Å². The minimum atomic E-state index is -4.37. The van der Waals surface area contributed by atoms with Crippen molar-refractivity contribution in [2.24, 2.45) is 0 Å². The third-order valence-electron chi connectivity index (χ3n) is 5.24. The Bertz CT molecular complexity index is 952. The molecule has 1 amide bonds.